The molecular formula is C19H28FN3O. The molecule has 24 heavy (non-hydrogen) atoms. The molecule has 132 valence electrons. The zero-order chi connectivity index (χ0) is 17.1. The number of nitrogens with one attached hydrogen (secondary N) is 1. The first-order chi connectivity index (χ1) is 11.6. The van der Waals surface area contributed by atoms with Crippen LogP contribution in [-0.2, 0) is 4.79 Å². The normalized spacial score (nSPS) is 27.0. The van der Waals surface area contributed by atoms with Crippen molar-refractivity contribution in [2.75, 3.05) is 32.7 Å². The highest BCUT2D eigenvalue weighted by molar-refractivity contribution is 5.83. The predicted molar refractivity (Wildman–Crippen MR) is 93.2 cm³/mol. The Morgan fingerprint density at radius 1 is 1.25 bits per heavy atom. The van der Waals surface area contributed by atoms with Crippen molar-refractivity contribution < 1.29 is 9.18 Å². The van der Waals surface area contributed by atoms with Gasteiger partial charge in [-0.1, -0.05) is 19.1 Å². The molecule has 0 bridgehead atoms. The van der Waals surface area contributed by atoms with Crippen LogP contribution in [0.3, 0.4) is 0 Å². The van der Waals surface area contributed by atoms with Crippen LogP contribution < -0.4 is 5.32 Å². The monoisotopic (exact) mass is 333 g/mol. The number of halogens is 1. The summed E-state index contributed by atoms with van der Waals surface area (Å²) in [5, 5.41) is 3.38. The van der Waals surface area contributed by atoms with E-state index in [-0.39, 0.29) is 23.8 Å². The summed E-state index contributed by atoms with van der Waals surface area (Å²) in [4.78, 5) is 17.6. The summed E-state index contributed by atoms with van der Waals surface area (Å²) in [6.07, 6.45) is 2.26. The average molecular weight is 333 g/mol. The maximum atomic E-state index is 13.4. The number of piperazine rings is 1. The maximum absolute atomic E-state index is 13.4. The molecule has 1 N–H and O–H groups in total. The van der Waals surface area contributed by atoms with Gasteiger partial charge in [-0.3, -0.25) is 9.69 Å². The third-order valence-electron chi connectivity index (χ3n) is 5.27. The fourth-order valence-corrected chi connectivity index (χ4v) is 3.92. The minimum Gasteiger partial charge on any atom is -0.341 e. The lowest BCUT2D eigenvalue weighted by atomic mass is 9.96. The highest BCUT2D eigenvalue weighted by atomic mass is 19.1. The number of rotatable bonds is 3. The zero-order valence-corrected chi connectivity index (χ0v) is 14.7. The molecule has 3 atom stereocenters. The van der Waals surface area contributed by atoms with Crippen LogP contribution in [0.5, 0.6) is 0 Å². The highest BCUT2D eigenvalue weighted by Crippen LogP contribution is 2.28. The molecule has 3 unspecified atom stereocenters. The largest absolute Gasteiger partial charge is 0.341 e. The van der Waals surface area contributed by atoms with E-state index < -0.39 is 0 Å². The van der Waals surface area contributed by atoms with E-state index in [4.69, 9.17) is 0 Å². The van der Waals surface area contributed by atoms with Crippen LogP contribution in [0.1, 0.15) is 38.3 Å². The van der Waals surface area contributed by atoms with Crippen molar-refractivity contribution in [3.8, 4) is 0 Å². The molecule has 2 fully saturated rings. The lowest BCUT2D eigenvalue weighted by Gasteiger charge is -2.42. The Labute approximate surface area is 144 Å². The van der Waals surface area contributed by atoms with E-state index in [0.29, 0.717) is 5.92 Å². The third kappa shape index (κ3) is 3.78. The van der Waals surface area contributed by atoms with Crippen molar-refractivity contribution >= 4 is 5.91 Å². The Hall–Kier alpha value is -1.46. The number of hydrogen-bond acceptors (Lipinski definition) is 3. The summed E-state index contributed by atoms with van der Waals surface area (Å²) >= 11 is 0. The second-order valence-corrected chi connectivity index (χ2v) is 7.28. The van der Waals surface area contributed by atoms with Gasteiger partial charge in [0.1, 0.15) is 11.9 Å². The minimum atomic E-state index is -0.312. The second-order valence-electron chi connectivity index (χ2n) is 7.28. The molecule has 1 amide bonds. The molecule has 2 aliphatic rings. The van der Waals surface area contributed by atoms with E-state index in [1.54, 1.807) is 12.1 Å². The van der Waals surface area contributed by atoms with Gasteiger partial charge >= 0.3 is 0 Å². The van der Waals surface area contributed by atoms with Gasteiger partial charge in [0, 0.05) is 38.8 Å². The SMILES string of the molecule is CC1CCCN(C(=O)C(c2ccc(F)cc2)N2CCNCC2C)C1. The Balaban J connectivity index is 1.88. The number of amides is 1. The van der Waals surface area contributed by atoms with E-state index in [1.807, 2.05) is 4.90 Å². The lowest BCUT2D eigenvalue weighted by Crippen LogP contribution is -2.55. The number of hydrogen-bond donors (Lipinski definition) is 1. The summed E-state index contributed by atoms with van der Waals surface area (Å²) in [6.45, 7) is 8.61. The van der Waals surface area contributed by atoms with Gasteiger partial charge in [0.15, 0.2) is 0 Å². The molecular weight excluding hydrogens is 305 g/mol. The van der Waals surface area contributed by atoms with Gasteiger partial charge in [0.25, 0.3) is 0 Å². The fraction of sp³-hybridized carbons (Fsp3) is 0.632. The fourth-order valence-electron chi connectivity index (χ4n) is 3.92. The van der Waals surface area contributed by atoms with E-state index in [9.17, 15) is 9.18 Å². The lowest BCUT2D eigenvalue weighted by molar-refractivity contribution is -0.140. The van der Waals surface area contributed by atoms with Crippen LogP contribution in [0.15, 0.2) is 24.3 Å². The van der Waals surface area contributed by atoms with E-state index in [1.165, 1.54) is 18.6 Å². The number of carbonyl (C=O) groups is 1. The van der Waals surface area contributed by atoms with Crippen molar-refractivity contribution in [1.82, 2.24) is 15.1 Å². The van der Waals surface area contributed by atoms with Crippen molar-refractivity contribution in [2.24, 2.45) is 5.92 Å². The van der Waals surface area contributed by atoms with Crippen LogP contribution in [0.25, 0.3) is 0 Å². The summed E-state index contributed by atoms with van der Waals surface area (Å²) in [5.41, 5.74) is 0.897. The average Bonchev–Trinajstić information content (AvgIpc) is 2.58. The summed E-state index contributed by atoms with van der Waals surface area (Å²) in [6, 6.07) is 6.41. The smallest absolute Gasteiger partial charge is 0.244 e. The Kier molecular flexibility index (Phi) is 5.51. The van der Waals surface area contributed by atoms with Gasteiger partial charge in [-0.05, 0) is 43.4 Å². The van der Waals surface area contributed by atoms with Gasteiger partial charge in [0.05, 0.1) is 0 Å². The molecule has 4 nitrogen and oxygen atoms in total. The molecule has 0 saturated carbocycles. The molecule has 0 aromatic heterocycles. The van der Waals surface area contributed by atoms with Gasteiger partial charge < -0.3 is 10.2 Å². The van der Waals surface area contributed by atoms with E-state index >= 15 is 0 Å². The Morgan fingerprint density at radius 3 is 2.67 bits per heavy atom. The first-order valence-electron chi connectivity index (χ1n) is 9.07. The molecule has 0 radical (unpaired) electrons. The standard InChI is InChI=1S/C19H28FN3O/c1-14-4-3-10-22(13-14)19(24)18(16-5-7-17(20)8-6-16)23-11-9-21-12-15(23)2/h5-8,14-15,18,21H,3-4,9-13H2,1-2H3. The minimum absolute atomic E-state index is 0.168. The molecule has 2 heterocycles. The summed E-state index contributed by atoms with van der Waals surface area (Å²) in [7, 11) is 0. The van der Waals surface area contributed by atoms with Gasteiger partial charge in [-0.25, -0.2) is 4.39 Å². The number of carbonyl (C=O) groups excluding carboxylic acids is 1. The summed E-state index contributed by atoms with van der Waals surface area (Å²) in [5.74, 6) is 0.462. The van der Waals surface area contributed by atoms with Crippen molar-refractivity contribution in [1.29, 1.82) is 0 Å². The van der Waals surface area contributed by atoms with Crippen molar-refractivity contribution in [3.63, 3.8) is 0 Å². The van der Waals surface area contributed by atoms with Gasteiger partial charge in [-0.15, -0.1) is 0 Å². The first kappa shape index (κ1) is 17.4. The molecule has 1 aromatic rings. The second kappa shape index (κ2) is 7.62. The van der Waals surface area contributed by atoms with Gasteiger partial charge in [-0.2, -0.15) is 0 Å². The van der Waals surface area contributed by atoms with Crippen molar-refractivity contribution in [3.05, 3.63) is 35.6 Å². The van der Waals surface area contributed by atoms with Crippen LogP contribution in [0.4, 0.5) is 4.39 Å². The van der Waals surface area contributed by atoms with Crippen LogP contribution in [0, 0.1) is 11.7 Å². The van der Waals surface area contributed by atoms with Crippen LogP contribution >= 0.6 is 0 Å². The Morgan fingerprint density at radius 2 is 2.00 bits per heavy atom. The molecule has 2 aliphatic heterocycles. The number of piperidine rings is 1. The first-order valence-corrected chi connectivity index (χ1v) is 9.07. The number of nitrogens with zero attached hydrogens (tertiary/aromatic N) is 2. The maximum Gasteiger partial charge on any atom is 0.244 e. The highest BCUT2D eigenvalue weighted by Gasteiger charge is 2.36. The molecule has 1 aromatic carbocycles. The summed E-state index contributed by atoms with van der Waals surface area (Å²) < 4.78 is 13.4. The molecule has 0 aliphatic carbocycles. The van der Waals surface area contributed by atoms with E-state index in [2.05, 4.69) is 24.1 Å². The molecule has 3 rings (SSSR count). The molecule has 5 heteroatoms. The predicted octanol–water partition coefficient (Wildman–Crippen LogP) is 2.42. The third-order valence-corrected chi connectivity index (χ3v) is 5.27. The van der Waals surface area contributed by atoms with Crippen LogP contribution in [-0.4, -0.2) is 54.5 Å². The van der Waals surface area contributed by atoms with E-state index in [0.717, 1.165) is 44.7 Å². The van der Waals surface area contributed by atoms with Gasteiger partial charge in [0.2, 0.25) is 5.91 Å². The topological polar surface area (TPSA) is 35.6 Å². The molecule has 2 saturated heterocycles. The zero-order valence-electron chi connectivity index (χ0n) is 14.7. The van der Waals surface area contributed by atoms with Crippen molar-refractivity contribution in [2.45, 2.75) is 38.8 Å². The Bertz CT molecular complexity index is 562. The quantitative estimate of drug-likeness (QED) is 0.923. The number of benzene rings is 1. The van der Waals surface area contributed by atoms with Crippen LogP contribution in [0.2, 0.25) is 0 Å². The molecule has 0 spiro atoms. The number of likely N-dealkylation sites (tertiary alicyclic amines) is 1.